The van der Waals surface area contributed by atoms with Gasteiger partial charge in [0.25, 0.3) is 11.8 Å². The standard InChI is InChI=1S/C96H130N10O28/c1-61-49-77-91(118)106-76-56-80(62(2)50-72(76)90(117)104(77)57-61)129-36-16-37-130-82-55-75-73(54-81(82)122-11)89(116)103-34-14-17-70(103)58-105(75)93(120)131-59-65-22-26-69(27-23-65)101-88(115)67(53-86(113)133-95(5,6)7)52-79(109)74(19-12-13-32-98-92(119)134-96(8,9)10)102-85(112)31-39-125-43-47-128-48-44-126-40-33-97-83(110)29-28-71(107)18-15-35-123-41-45-127-46-42-124-38-30-84(111)99-64(4)78(108)51-63(3)87(114)100-68-24-20-66(21-25-68)60-132-94(106)121/h20-29,50,54-56,63-64,67,70,74,77,91,118H,1,12-19,30-49,51-53,57-60H2,2-11H3,(H,97,110)(H,98,119)(H,99,111)(H,100,114)(H,101,115)(H,102,112)/b29-28-/t63-,64+,67+,70+,74+,77+,91?/m1/s1. The number of hydrogen-bond acceptors (Lipinski definition) is 28. The molecule has 0 radical (unpaired) electrons. The monoisotopic (exact) mass is 1870 g/mol. The highest BCUT2D eigenvalue weighted by Gasteiger charge is 2.47. The predicted octanol–water partition coefficient (Wildman–Crippen LogP) is 9.24. The number of hydrogen-bond donors (Lipinski definition) is 7. The van der Waals surface area contributed by atoms with Crippen molar-refractivity contribution < 1.29 is 134 Å². The highest BCUT2D eigenvalue weighted by Crippen LogP contribution is 2.42. The van der Waals surface area contributed by atoms with E-state index in [0.717, 1.165) is 11.0 Å². The highest BCUT2D eigenvalue weighted by molar-refractivity contribution is 6.08. The maximum absolute atomic E-state index is 14.6. The Morgan fingerprint density at radius 2 is 1.14 bits per heavy atom. The number of nitrogens with one attached hydrogen (secondary N) is 6. The first-order valence-electron chi connectivity index (χ1n) is 45.6. The summed E-state index contributed by atoms with van der Waals surface area (Å²) >= 11 is 0. The predicted molar refractivity (Wildman–Crippen MR) is 489 cm³/mol. The van der Waals surface area contributed by atoms with E-state index in [1.165, 1.54) is 42.0 Å². The van der Waals surface area contributed by atoms with Gasteiger partial charge in [0.2, 0.25) is 29.5 Å². The molecule has 1 unspecified atom stereocenters. The van der Waals surface area contributed by atoms with E-state index in [1.807, 2.05) is 0 Å². The van der Waals surface area contributed by atoms with Crippen LogP contribution in [0.25, 0.3) is 0 Å². The molecule has 732 valence electrons. The Morgan fingerprint density at radius 3 is 1.77 bits per heavy atom. The molecule has 2 fully saturated rings. The lowest BCUT2D eigenvalue weighted by Gasteiger charge is -2.31. The Labute approximate surface area is 780 Å². The number of benzene rings is 4. The molecule has 0 aliphatic carbocycles. The Kier molecular flexibility index (Phi) is 41.5. The van der Waals surface area contributed by atoms with Crippen LogP contribution in [-0.2, 0) is 104 Å². The maximum atomic E-state index is 14.6. The quantitative estimate of drug-likeness (QED) is 0.0374. The number of rotatable bonds is 8. The summed E-state index contributed by atoms with van der Waals surface area (Å²) in [4.78, 5) is 196. The number of ketones is 3. The molecule has 7 heterocycles. The molecular formula is C96H130N10O28. The van der Waals surface area contributed by atoms with Crippen molar-refractivity contribution in [3.8, 4) is 17.2 Å². The van der Waals surface area contributed by atoms with Crippen molar-refractivity contribution in [3.05, 3.63) is 125 Å². The minimum Gasteiger partial charge on any atom is -0.493 e. The second kappa shape index (κ2) is 52.6. The number of nitrogens with zero attached hydrogens (tertiary/aromatic N) is 4. The fraction of sp³-hybridized carbons (Fsp3) is 0.562. The lowest BCUT2D eigenvalue weighted by Crippen LogP contribution is -2.50. The average molecular weight is 1870 g/mol. The number of methoxy groups -OCH3 is 1. The Morgan fingerprint density at radius 1 is 0.575 bits per heavy atom. The lowest BCUT2D eigenvalue weighted by molar-refractivity contribution is -0.157. The maximum Gasteiger partial charge on any atom is 0.416 e. The van der Waals surface area contributed by atoms with Crippen LogP contribution >= 0.6 is 0 Å². The Bertz CT molecular complexity index is 4760. The molecule has 0 aromatic heterocycles. The number of ether oxygens (including phenoxy) is 13. The van der Waals surface area contributed by atoms with Crippen LogP contribution in [0.1, 0.15) is 183 Å². The summed E-state index contributed by atoms with van der Waals surface area (Å²) in [5, 5.41) is 28.5. The number of fused-ring (bicyclic) bond motifs is 4. The third-order valence-electron chi connectivity index (χ3n) is 22.1. The van der Waals surface area contributed by atoms with E-state index in [-0.39, 0.29) is 246 Å². The number of carbonyl (C=O) groups is 14. The number of anilines is 4. The summed E-state index contributed by atoms with van der Waals surface area (Å²) in [6.45, 7) is 21.6. The van der Waals surface area contributed by atoms with Crippen molar-refractivity contribution in [1.82, 2.24) is 31.1 Å². The fourth-order valence-corrected chi connectivity index (χ4v) is 15.2. The van der Waals surface area contributed by atoms with Gasteiger partial charge in [-0.1, -0.05) is 43.3 Å². The van der Waals surface area contributed by atoms with E-state index in [0.29, 0.717) is 66.6 Å². The van der Waals surface area contributed by atoms with Crippen LogP contribution in [0.4, 0.5) is 37.1 Å². The van der Waals surface area contributed by atoms with Gasteiger partial charge in [0.15, 0.2) is 35.1 Å². The SMILES string of the molecule is C=C1C[C@H]2C(O)N3C(=O)OCc4ccc(cc4)NC(=O)[C@H](C)CC(=O)[C@H](C)NC(=O)CCOCCOCCOCCCC(=O)/C=C\C(=O)NCCOCCOCCOCCC(=O)N[C@@H](CCCCNC(=O)OC(C)(C)C)C(=O)C[C@@H](CC(=O)OC(C)(C)C)C(=O)Nc4ccc(cc4)COC(=O)N4C[C@@H]5CCCN5C(=O)c5cc(OC)c(cc54)OCCCOc4cc3c(cc4C)C(=O)N2C1. The summed E-state index contributed by atoms with van der Waals surface area (Å²) in [5.41, 5.74) is 1.63. The molecule has 7 atom stereocenters. The average Bonchev–Trinajstić information content (AvgIpc) is 1.61. The van der Waals surface area contributed by atoms with Gasteiger partial charge in [0.05, 0.1) is 152 Å². The summed E-state index contributed by atoms with van der Waals surface area (Å²) in [7, 11) is 1.42. The summed E-state index contributed by atoms with van der Waals surface area (Å²) in [6, 6.07) is 15.6. The second-order valence-electron chi connectivity index (χ2n) is 35.3. The molecule has 4 aromatic carbocycles. The van der Waals surface area contributed by atoms with Crippen LogP contribution in [0.3, 0.4) is 0 Å². The zero-order chi connectivity index (χ0) is 97.0. The zero-order valence-electron chi connectivity index (χ0n) is 78.3. The van der Waals surface area contributed by atoms with Gasteiger partial charge >= 0.3 is 24.2 Å². The van der Waals surface area contributed by atoms with Crippen LogP contribution in [0.5, 0.6) is 17.2 Å². The number of alkyl carbamates (subject to hydrolysis) is 1. The zero-order valence-corrected chi connectivity index (χ0v) is 78.3. The highest BCUT2D eigenvalue weighted by atomic mass is 16.6. The minimum atomic E-state index is -1.59. The van der Waals surface area contributed by atoms with Gasteiger partial charge < -0.3 is 108 Å². The molecule has 0 saturated carbocycles. The molecule has 134 heavy (non-hydrogen) atoms. The molecule has 11 rings (SSSR count). The third kappa shape index (κ3) is 34.2. The number of esters is 1. The number of amides is 10. The number of aryl methyl sites for hydroxylation is 1. The van der Waals surface area contributed by atoms with Gasteiger partial charge in [-0.05, 0) is 160 Å². The second-order valence-corrected chi connectivity index (χ2v) is 35.3. The Hall–Kier alpha value is -11.9. The van der Waals surface area contributed by atoms with Crippen LogP contribution in [0.15, 0.2) is 97.1 Å². The van der Waals surface area contributed by atoms with Crippen LogP contribution < -0.4 is 55.9 Å². The van der Waals surface area contributed by atoms with Gasteiger partial charge in [-0.15, -0.1) is 0 Å². The van der Waals surface area contributed by atoms with E-state index in [9.17, 15) is 72.2 Å². The summed E-state index contributed by atoms with van der Waals surface area (Å²) in [6.07, 6.45) is 0.0697. The molecule has 7 aliphatic heterocycles. The van der Waals surface area contributed by atoms with Crippen molar-refractivity contribution >= 4 is 106 Å². The van der Waals surface area contributed by atoms with E-state index in [1.54, 1.807) is 121 Å². The van der Waals surface area contributed by atoms with Gasteiger partial charge in [-0.25, -0.2) is 19.3 Å². The summed E-state index contributed by atoms with van der Waals surface area (Å²) < 4.78 is 74.8. The first-order valence-corrected chi connectivity index (χ1v) is 45.6. The first-order chi connectivity index (χ1) is 64.0. The van der Waals surface area contributed by atoms with E-state index >= 15 is 0 Å². The molecule has 0 spiro atoms. The van der Waals surface area contributed by atoms with Crippen molar-refractivity contribution in [1.29, 1.82) is 0 Å². The number of unbranched alkanes of at least 4 members (excludes halogenated alkanes) is 1. The molecule has 8 bridgehead atoms. The van der Waals surface area contributed by atoms with Crippen LogP contribution in [-0.4, -0.2) is 272 Å². The van der Waals surface area contributed by atoms with Crippen molar-refractivity contribution in [2.24, 2.45) is 11.8 Å². The first kappa shape index (κ1) is 106. The normalized spacial score (nSPS) is 22.7. The van der Waals surface area contributed by atoms with Crippen molar-refractivity contribution in [2.75, 3.05) is 153 Å². The molecule has 7 N–H and O–H groups in total. The molecule has 38 nitrogen and oxygen atoms in total. The van der Waals surface area contributed by atoms with E-state index < -0.39 is 126 Å². The van der Waals surface area contributed by atoms with Crippen LogP contribution in [0, 0.1) is 18.8 Å². The number of aliphatic hydroxyl groups is 1. The molecular weight excluding hydrogens is 1740 g/mol. The van der Waals surface area contributed by atoms with Gasteiger partial charge in [-0.2, -0.15) is 0 Å². The number of aliphatic hydroxyl groups excluding tert-OH is 1. The van der Waals surface area contributed by atoms with Crippen molar-refractivity contribution in [2.45, 2.75) is 207 Å². The third-order valence-corrected chi connectivity index (χ3v) is 22.1. The van der Waals surface area contributed by atoms with E-state index in [4.69, 9.17) is 61.6 Å². The van der Waals surface area contributed by atoms with Gasteiger partial charge in [0.1, 0.15) is 30.2 Å². The van der Waals surface area contributed by atoms with Gasteiger partial charge in [0, 0.05) is 113 Å². The topological polar surface area (TPSA) is 464 Å². The van der Waals surface area contributed by atoms with Gasteiger partial charge in [-0.3, -0.25) is 57.6 Å². The van der Waals surface area contributed by atoms with Crippen molar-refractivity contribution in [3.63, 3.8) is 0 Å². The number of Topliss-reactive ketones (excluding diaryl/α,β-unsaturated/α-hetero) is 2. The molecule has 10 amide bonds. The Balaban J connectivity index is 0.858. The molecule has 2 saturated heterocycles. The van der Waals surface area contributed by atoms with E-state index in [2.05, 4.69) is 38.5 Å². The molecule has 38 heteroatoms. The number of allylic oxidation sites excluding steroid dienone is 1. The lowest BCUT2D eigenvalue weighted by atomic mass is 9.92. The smallest absolute Gasteiger partial charge is 0.416 e. The fourth-order valence-electron chi connectivity index (χ4n) is 15.2. The van der Waals surface area contributed by atoms with Crippen LogP contribution in [0.2, 0.25) is 0 Å². The minimum absolute atomic E-state index is 0.0110. The number of carbonyl (C=O) groups excluding carboxylic acids is 14. The molecule has 7 aliphatic rings. The largest absolute Gasteiger partial charge is 0.493 e. The summed E-state index contributed by atoms with van der Waals surface area (Å²) in [5.74, 6) is -6.76. The molecule has 4 aromatic rings.